The van der Waals surface area contributed by atoms with Gasteiger partial charge in [-0.2, -0.15) is 0 Å². The van der Waals surface area contributed by atoms with Gasteiger partial charge < -0.3 is 4.48 Å². The van der Waals surface area contributed by atoms with Crippen LogP contribution in [0.25, 0.3) is 0 Å². The highest BCUT2D eigenvalue weighted by atomic mass is 15.4. The first-order valence-corrected chi connectivity index (χ1v) is 9.40. The Labute approximate surface area is 142 Å². The van der Waals surface area contributed by atoms with Gasteiger partial charge in [0.2, 0.25) is 0 Å². The maximum Gasteiger partial charge on any atom is 0.0916 e. The van der Waals surface area contributed by atoms with E-state index in [9.17, 15) is 0 Å². The Balaban J connectivity index is 1.80. The summed E-state index contributed by atoms with van der Waals surface area (Å²) >= 11 is 0. The summed E-state index contributed by atoms with van der Waals surface area (Å²) in [6, 6.07) is 12.5. The van der Waals surface area contributed by atoms with Crippen molar-refractivity contribution in [2.24, 2.45) is 5.92 Å². The molecular weight excluding hydrogens is 280 g/mol. The van der Waals surface area contributed by atoms with Crippen molar-refractivity contribution in [2.45, 2.75) is 45.2 Å². The van der Waals surface area contributed by atoms with Gasteiger partial charge in [-0.3, -0.25) is 4.90 Å². The second-order valence-corrected chi connectivity index (χ2v) is 7.93. The SMILES string of the molecule is CC(C)[N+]1(C)CCN(C(c2ccccc2)C2C=CCCC2)CC1. The van der Waals surface area contributed by atoms with Crippen LogP contribution < -0.4 is 0 Å². The van der Waals surface area contributed by atoms with E-state index in [0.717, 1.165) is 6.04 Å². The summed E-state index contributed by atoms with van der Waals surface area (Å²) in [5.74, 6) is 0.682. The number of quaternary nitrogens is 1. The molecule has 2 nitrogen and oxygen atoms in total. The smallest absolute Gasteiger partial charge is 0.0916 e. The predicted octanol–water partition coefficient (Wildman–Crippen LogP) is 4.25. The van der Waals surface area contributed by atoms with Gasteiger partial charge in [0.25, 0.3) is 0 Å². The number of allylic oxidation sites excluding steroid dienone is 1. The second kappa shape index (κ2) is 7.19. The number of benzene rings is 1. The molecule has 1 aliphatic heterocycles. The molecule has 0 saturated carbocycles. The lowest BCUT2D eigenvalue weighted by Crippen LogP contribution is -2.61. The lowest BCUT2D eigenvalue weighted by molar-refractivity contribution is -0.933. The van der Waals surface area contributed by atoms with Crippen LogP contribution in [0.5, 0.6) is 0 Å². The molecule has 2 unspecified atom stereocenters. The fourth-order valence-electron chi connectivity index (χ4n) is 4.21. The van der Waals surface area contributed by atoms with Gasteiger partial charge in [0.05, 0.1) is 26.2 Å². The molecule has 1 saturated heterocycles. The minimum absolute atomic E-state index is 0.564. The summed E-state index contributed by atoms with van der Waals surface area (Å²) in [6.07, 6.45) is 8.84. The standard InChI is InChI=1S/C21H33N2/c1-18(2)23(3)16-14-22(15-17-23)21(19-10-6-4-7-11-19)20-12-8-5-9-13-20/h4,6-8,10-12,18,20-21H,5,9,13-17H2,1-3H3/q+1. The topological polar surface area (TPSA) is 3.24 Å². The Kier molecular flexibility index (Phi) is 5.23. The van der Waals surface area contributed by atoms with Gasteiger partial charge in [-0.1, -0.05) is 42.5 Å². The van der Waals surface area contributed by atoms with Crippen LogP contribution in [0.1, 0.15) is 44.7 Å². The van der Waals surface area contributed by atoms with Gasteiger partial charge in [0, 0.05) is 19.1 Å². The van der Waals surface area contributed by atoms with Crippen LogP contribution in [0.15, 0.2) is 42.5 Å². The van der Waals surface area contributed by atoms with E-state index in [0.29, 0.717) is 12.0 Å². The summed E-state index contributed by atoms with van der Waals surface area (Å²) in [5, 5.41) is 0. The van der Waals surface area contributed by atoms with Crippen LogP contribution in [0, 0.1) is 5.92 Å². The molecular formula is C21H33N2+. The van der Waals surface area contributed by atoms with Crippen molar-refractivity contribution >= 4 is 0 Å². The summed E-state index contributed by atoms with van der Waals surface area (Å²) in [4.78, 5) is 2.76. The third-order valence-electron chi connectivity index (χ3n) is 6.27. The molecule has 0 aromatic heterocycles. The molecule has 0 spiro atoms. The second-order valence-electron chi connectivity index (χ2n) is 7.93. The van der Waals surface area contributed by atoms with Gasteiger partial charge in [0.1, 0.15) is 0 Å². The van der Waals surface area contributed by atoms with Crippen molar-refractivity contribution in [3.05, 3.63) is 48.0 Å². The molecule has 2 atom stereocenters. The third-order valence-corrected chi connectivity index (χ3v) is 6.27. The Bertz CT molecular complexity index is 512. The van der Waals surface area contributed by atoms with Gasteiger partial charge in [-0.15, -0.1) is 0 Å². The molecule has 2 heteroatoms. The lowest BCUT2D eigenvalue weighted by Gasteiger charge is -2.48. The molecule has 0 amide bonds. The molecule has 0 N–H and O–H groups in total. The maximum atomic E-state index is 2.76. The monoisotopic (exact) mass is 313 g/mol. The van der Waals surface area contributed by atoms with Gasteiger partial charge >= 0.3 is 0 Å². The number of hydrogen-bond acceptors (Lipinski definition) is 1. The van der Waals surface area contributed by atoms with E-state index in [-0.39, 0.29) is 0 Å². The molecule has 1 aromatic rings. The van der Waals surface area contributed by atoms with E-state index >= 15 is 0 Å². The Morgan fingerprint density at radius 3 is 2.35 bits per heavy atom. The van der Waals surface area contributed by atoms with Crippen LogP contribution in [0.2, 0.25) is 0 Å². The van der Waals surface area contributed by atoms with E-state index in [1.807, 2.05) is 0 Å². The van der Waals surface area contributed by atoms with Crippen molar-refractivity contribution in [2.75, 3.05) is 33.2 Å². The zero-order valence-corrected chi connectivity index (χ0v) is 15.1. The van der Waals surface area contributed by atoms with E-state index in [4.69, 9.17) is 0 Å². The fraction of sp³-hybridized carbons (Fsp3) is 0.619. The molecule has 126 valence electrons. The molecule has 23 heavy (non-hydrogen) atoms. The first-order valence-electron chi connectivity index (χ1n) is 9.40. The maximum absolute atomic E-state index is 2.76. The first kappa shape index (κ1) is 16.7. The van der Waals surface area contributed by atoms with Crippen molar-refractivity contribution in [3.63, 3.8) is 0 Å². The van der Waals surface area contributed by atoms with E-state index in [1.165, 1.54) is 55.5 Å². The molecule has 0 radical (unpaired) electrons. The van der Waals surface area contributed by atoms with Gasteiger partial charge in [0.15, 0.2) is 0 Å². The highest BCUT2D eigenvalue weighted by molar-refractivity contribution is 5.22. The number of likely N-dealkylation sites (N-methyl/N-ethyl adjacent to an activating group) is 1. The van der Waals surface area contributed by atoms with Gasteiger partial charge in [-0.25, -0.2) is 0 Å². The van der Waals surface area contributed by atoms with E-state index in [1.54, 1.807) is 0 Å². The third kappa shape index (κ3) is 3.70. The Morgan fingerprint density at radius 2 is 1.78 bits per heavy atom. The highest BCUT2D eigenvalue weighted by Gasteiger charge is 2.36. The van der Waals surface area contributed by atoms with Crippen molar-refractivity contribution < 1.29 is 4.48 Å². The minimum Gasteiger partial charge on any atom is -0.322 e. The van der Waals surface area contributed by atoms with Crippen molar-refractivity contribution in [1.29, 1.82) is 0 Å². The molecule has 1 heterocycles. The summed E-state index contributed by atoms with van der Waals surface area (Å²) < 4.78 is 1.22. The molecule has 2 aliphatic rings. The molecule has 1 aromatic carbocycles. The zero-order valence-electron chi connectivity index (χ0n) is 15.1. The highest BCUT2D eigenvalue weighted by Crippen LogP contribution is 2.36. The minimum atomic E-state index is 0.564. The summed E-state index contributed by atoms with van der Waals surface area (Å²) in [5.41, 5.74) is 1.50. The lowest BCUT2D eigenvalue weighted by atomic mass is 9.84. The molecule has 0 bridgehead atoms. The summed E-state index contributed by atoms with van der Waals surface area (Å²) in [7, 11) is 2.43. The number of rotatable bonds is 4. The van der Waals surface area contributed by atoms with Crippen molar-refractivity contribution in [3.8, 4) is 0 Å². The van der Waals surface area contributed by atoms with Crippen LogP contribution in [-0.2, 0) is 0 Å². The van der Waals surface area contributed by atoms with E-state index in [2.05, 4.69) is 68.3 Å². The Morgan fingerprint density at radius 1 is 1.09 bits per heavy atom. The van der Waals surface area contributed by atoms with Crippen LogP contribution in [-0.4, -0.2) is 48.7 Å². The molecule has 3 rings (SSSR count). The number of nitrogens with zero attached hydrogens (tertiary/aromatic N) is 2. The molecule has 1 aliphatic carbocycles. The Hall–Kier alpha value is -1.12. The van der Waals surface area contributed by atoms with Crippen molar-refractivity contribution in [1.82, 2.24) is 4.90 Å². The largest absolute Gasteiger partial charge is 0.322 e. The predicted molar refractivity (Wildman–Crippen MR) is 98.3 cm³/mol. The van der Waals surface area contributed by atoms with Crippen LogP contribution >= 0.6 is 0 Å². The average Bonchev–Trinajstić information content (AvgIpc) is 2.59. The summed E-state index contributed by atoms with van der Waals surface area (Å²) in [6.45, 7) is 9.73. The number of hydrogen-bond donors (Lipinski definition) is 0. The number of piperazine rings is 1. The fourth-order valence-corrected chi connectivity index (χ4v) is 4.21. The quantitative estimate of drug-likeness (QED) is 0.593. The average molecular weight is 314 g/mol. The zero-order chi connectivity index (χ0) is 16.3. The van der Waals surface area contributed by atoms with E-state index < -0.39 is 0 Å². The molecule has 1 fully saturated rings. The van der Waals surface area contributed by atoms with Crippen LogP contribution in [0.3, 0.4) is 0 Å². The normalized spacial score (nSPS) is 26.3. The van der Waals surface area contributed by atoms with Gasteiger partial charge in [-0.05, 0) is 44.6 Å². The van der Waals surface area contributed by atoms with Crippen LogP contribution in [0.4, 0.5) is 0 Å². The first-order chi connectivity index (χ1) is 11.1.